The molecule has 2 aromatic carbocycles. The van der Waals surface area contributed by atoms with Crippen LogP contribution in [0.1, 0.15) is 48.8 Å². The number of benzene rings is 2. The molecule has 214 valence electrons. The lowest BCUT2D eigenvalue weighted by Crippen LogP contribution is -2.47. The quantitative estimate of drug-likeness (QED) is 0.340. The average Bonchev–Trinajstić information content (AvgIpc) is 3.41. The van der Waals surface area contributed by atoms with Crippen LogP contribution in [0, 0.1) is 13.8 Å². The van der Waals surface area contributed by atoms with Gasteiger partial charge in [0.1, 0.15) is 0 Å². The number of hydrogen-bond donors (Lipinski definition) is 2. The number of aromatic nitrogens is 1. The first-order valence-corrected chi connectivity index (χ1v) is 14.9. The minimum absolute atomic E-state index is 0.0433. The minimum Gasteiger partial charge on any atom is -0.465 e. The number of esters is 1. The molecule has 2 aliphatic rings. The Labute approximate surface area is 238 Å². The molecule has 0 saturated carbocycles. The number of carbonyl (C=O) groups excluding carboxylic acids is 3. The second-order valence-electron chi connectivity index (χ2n) is 10.4. The monoisotopic (exact) mass is 576 g/mol. The lowest BCUT2D eigenvalue weighted by Gasteiger charge is -2.32. The number of aromatic amines is 1. The van der Waals surface area contributed by atoms with Gasteiger partial charge < -0.3 is 24.8 Å². The Hall–Kier alpha value is -4.22. The van der Waals surface area contributed by atoms with Crippen LogP contribution in [-0.2, 0) is 25.1 Å². The number of nitrogens with zero attached hydrogens (tertiary/aromatic N) is 2. The lowest BCUT2D eigenvalue weighted by atomic mass is 10.0. The molecule has 2 aliphatic heterocycles. The summed E-state index contributed by atoms with van der Waals surface area (Å²) in [6.07, 6.45) is 1.67. The van der Waals surface area contributed by atoms with Gasteiger partial charge in [-0.1, -0.05) is 12.1 Å². The van der Waals surface area contributed by atoms with Crippen LogP contribution in [0.25, 0.3) is 11.6 Å². The molecule has 3 aromatic rings. The number of anilines is 1. The minimum atomic E-state index is -3.77. The number of amides is 2. The maximum Gasteiger partial charge on any atom is 0.337 e. The molecule has 1 aromatic heterocycles. The van der Waals surface area contributed by atoms with E-state index in [0.717, 1.165) is 18.7 Å². The van der Waals surface area contributed by atoms with Crippen molar-refractivity contribution >= 4 is 45.0 Å². The van der Waals surface area contributed by atoms with Crippen molar-refractivity contribution < 1.29 is 27.5 Å². The predicted molar refractivity (Wildman–Crippen MR) is 155 cm³/mol. The summed E-state index contributed by atoms with van der Waals surface area (Å²) < 4.78 is 31.3. The molecular weight excluding hydrogens is 544 g/mol. The molecule has 1 saturated heterocycles. The molecule has 1 fully saturated rings. The highest BCUT2D eigenvalue weighted by molar-refractivity contribution is 7.90. The van der Waals surface area contributed by atoms with Gasteiger partial charge in [-0.25, -0.2) is 13.2 Å². The van der Waals surface area contributed by atoms with Crippen LogP contribution in [0.2, 0.25) is 0 Å². The number of likely N-dealkylation sites (N-methyl/N-ethyl adjacent to an activating group) is 1. The third-order valence-corrected chi connectivity index (χ3v) is 9.32. The smallest absolute Gasteiger partial charge is 0.337 e. The number of carbonyl (C=O) groups is 3. The summed E-state index contributed by atoms with van der Waals surface area (Å²) in [6, 6.07) is 10.7. The zero-order valence-electron chi connectivity index (χ0n) is 23.4. The van der Waals surface area contributed by atoms with Gasteiger partial charge in [0.15, 0.2) is 9.84 Å². The Bertz CT molecular complexity index is 1680. The maximum atomic E-state index is 13.3. The molecule has 0 bridgehead atoms. The number of piperazine rings is 1. The highest BCUT2D eigenvalue weighted by Gasteiger charge is 2.29. The molecule has 10 nitrogen and oxygen atoms in total. The highest BCUT2D eigenvalue weighted by atomic mass is 32.2. The molecule has 41 heavy (non-hydrogen) atoms. The van der Waals surface area contributed by atoms with Crippen molar-refractivity contribution in [1.82, 2.24) is 14.8 Å². The van der Waals surface area contributed by atoms with Gasteiger partial charge in [-0.05, 0) is 68.4 Å². The summed E-state index contributed by atoms with van der Waals surface area (Å²) in [5, 5.41) is 2.80. The Balaban J connectivity index is 1.43. The third-order valence-electron chi connectivity index (χ3n) is 7.63. The number of methoxy groups -OCH3 is 1. The Kier molecular flexibility index (Phi) is 7.58. The summed E-state index contributed by atoms with van der Waals surface area (Å²) in [5.74, 6) is -1.18. The fraction of sp³-hybridized carbons (Fsp3) is 0.300. The molecule has 0 atom stereocenters. The van der Waals surface area contributed by atoms with Gasteiger partial charge in [0, 0.05) is 48.8 Å². The first-order chi connectivity index (χ1) is 19.5. The van der Waals surface area contributed by atoms with E-state index in [2.05, 4.69) is 19.9 Å². The predicted octanol–water partition coefficient (Wildman–Crippen LogP) is 3.27. The van der Waals surface area contributed by atoms with Crippen molar-refractivity contribution in [3.63, 3.8) is 0 Å². The van der Waals surface area contributed by atoms with E-state index in [9.17, 15) is 22.8 Å². The molecule has 5 rings (SSSR count). The SMILES string of the molecule is COC(=O)c1ccc(CS(=O)(=O)c2ccc3c(c2)/C(=C/c2[nH]c(C)c(C(=O)N4CCN(C)CC4)c2C)C(=O)N3)cc1. The largest absolute Gasteiger partial charge is 0.465 e. The standard InChI is InChI=1S/C30H32N4O6S/c1-18-26(31-19(2)27(18)29(36)34-13-11-33(3)12-14-34)16-24-23-15-22(9-10-25(23)32-28(24)35)41(38,39)17-20-5-7-21(8-6-20)30(37)40-4/h5-10,15-16,31H,11-14,17H2,1-4H3,(H,32,35)/b24-16-. The van der Waals surface area contributed by atoms with Crippen LogP contribution >= 0.6 is 0 Å². The van der Waals surface area contributed by atoms with Crippen LogP contribution < -0.4 is 5.32 Å². The van der Waals surface area contributed by atoms with Gasteiger partial charge in [0.05, 0.1) is 34.5 Å². The molecule has 0 aliphatic carbocycles. The molecule has 0 spiro atoms. The van der Waals surface area contributed by atoms with Gasteiger partial charge in [0.25, 0.3) is 11.8 Å². The fourth-order valence-corrected chi connectivity index (χ4v) is 6.58. The van der Waals surface area contributed by atoms with E-state index in [1.165, 1.54) is 31.4 Å². The van der Waals surface area contributed by atoms with Crippen molar-refractivity contribution in [2.75, 3.05) is 45.7 Å². The number of fused-ring (bicyclic) bond motifs is 1. The van der Waals surface area contributed by atoms with Crippen LogP contribution in [0.15, 0.2) is 47.4 Å². The van der Waals surface area contributed by atoms with E-state index in [0.29, 0.717) is 58.0 Å². The van der Waals surface area contributed by atoms with Gasteiger partial charge >= 0.3 is 5.97 Å². The number of nitrogens with one attached hydrogen (secondary N) is 2. The zero-order valence-corrected chi connectivity index (χ0v) is 24.2. The summed E-state index contributed by atoms with van der Waals surface area (Å²) >= 11 is 0. The summed E-state index contributed by atoms with van der Waals surface area (Å²) in [7, 11) is -0.458. The number of sulfone groups is 1. The molecule has 2 amide bonds. The van der Waals surface area contributed by atoms with Crippen LogP contribution in [0.5, 0.6) is 0 Å². The van der Waals surface area contributed by atoms with Gasteiger partial charge in [-0.2, -0.15) is 0 Å². The van der Waals surface area contributed by atoms with Crippen LogP contribution in [0.4, 0.5) is 5.69 Å². The van der Waals surface area contributed by atoms with Gasteiger partial charge in [-0.3, -0.25) is 9.59 Å². The fourth-order valence-electron chi connectivity index (χ4n) is 5.21. The molecule has 3 heterocycles. The molecule has 11 heteroatoms. The molecular formula is C30H32N4O6S. The van der Waals surface area contributed by atoms with E-state index >= 15 is 0 Å². The van der Waals surface area contributed by atoms with E-state index in [1.807, 2.05) is 25.8 Å². The van der Waals surface area contributed by atoms with E-state index < -0.39 is 15.8 Å². The van der Waals surface area contributed by atoms with Crippen LogP contribution in [-0.4, -0.2) is 81.3 Å². The van der Waals surface area contributed by atoms with Crippen molar-refractivity contribution in [1.29, 1.82) is 0 Å². The Morgan fingerprint density at radius 2 is 1.71 bits per heavy atom. The van der Waals surface area contributed by atoms with Crippen molar-refractivity contribution in [2.45, 2.75) is 24.5 Å². The topological polar surface area (TPSA) is 129 Å². The third kappa shape index (κ3) is 5.55. The summed E-state index contributed by atoms with van der Waals surface area (Å²) in [5.41, 5.74) is 4.79. The number of hydrogen-bond acceptors (Lipinski definition) is 7. The van der Waals surface area contributed by atoms with Gasteiger partial charge in [0.2, 0.25) is 0 Å². The second kappa shape index (κ2) is 11.0. The van der Waals surface area contributed by atoms with E-state index in [4.69, 9.17) is 0 Å². The number of aryl methyl sites for hydroxylation is 1. The first-order valence-electron chi connectivity index (χ1n) is 13.2. The molecule has 0 unspecified atom stereocenters. The normalized spacial score (nSPS) is 16.5. The van der Waals surface area contributed by atoms with Crippen molar-refractivity contribution in [3.8, 4) is 0 Å². The highest BCUT2D eigenvalue weighted by Crippen LogP contribution is 2.36. The van der Waals surface area contributed by atoms with E-state index in [1.54, 1.807) is 24.3 Å². The number of ether oxygens (including phenoxy) is 1. The Morgan fingerprint density at radius 1 is 1.02 bits per heavy atom. The summed E-state index contributed by atoms with van der Waals surface area (Å²) in [6.45, 7) is 6.61. The van der Waals surface area contributed by atoms with E-state index in [-0.39, 0.29) is 22.5 Å². The number of H-pyrrole nitrogens is 1. The second-order valence-corrected chi connectivity index (χ2v) is 12.4. The lowest BCUT2D eigenvalue weighted by molar-refractivity contribution is -0.110. The first kappa shape index (κ1) is 28.3. The average molecular weight is 577 g/mol. The maximum absolute atomic E-state index is 13.3. The van der Waals surface area contributed by atoms with Crippen molar-refractivity contribution in [2.24, 2.45) is 0 Å². The Morgan fingerprint density at radius 3 is 2.37 bits per heavy atom. The molecule has 2 N–H and O–H groups in total. The van der Waals surface area contributed by atoms with Crippen LogP contribution in [0.3, 0.4) is 0 Å². The summed E-state index contributed by atoms with van der Waals surface area (Å²) in [4.78, 5) is 45.3. The van der Waals surface area contributed by atoms with Crippen molar-refractivity contribution in [3.05, 3.63) is 81.7 Å². The zero-order chi connectivity index (χ0) is 29.5. The molecule has 0 radical (unpaired) electrons. The van der Waals surface area contributed by atoms with Gasteiger partial charge in [-0.15, -0.1) is 0 Å². The number of rotatable bonds is 6.